The average Bonchev–Trinajstić information content (AvgIpc) is 1.66. The summed E-state index contributed by atoms with van der Waals surface area (Å²) in [6.45, 7) is 0.416. The van der Waals surface area contributed by atoms with Gasteiger partial charge >= 0.3 is 5.97 Å². The molecule has 0 aliphatic rings. The fraction of sp³-hybridized carbons (Fsp3) is 0.500. The average molecular weight is 133 g/mol. The molecule has 0 saturated heterocycles. The number of nitrogens with one attached hydrogen (secondary N) is 1. The molecule has 46 valence electrons. The van der Waals surface area contributed by atoms with E-state index in [0.717, 1.165) is 0 Å². The SMILES string of the molecule is O=C(O)CCNC=S. The molecule has 0 atom stereocenters. The predicted molar refractivity (Wildman–Crippen MR) is 33.9 cm³/mol. The summed E-state index contributed by atoms with van der Waals surface area (Å²) in [6.07, 6.45) is 0.118. The summed E-state index contributed by atoms with van der Waals surface area (Å²) in [5, 5.41) is 10.6. The van der Waals surface area contributed by atoms with Gasteiger partial charge in [0.05, 0.1) is 11.9 Å². The standard InChI is InChI=1S/C4H7NO2S/c6-4(7)1-2-5-3-8/h3H,1-2H2,(H,5,8)(H,6,7). The Morgan fingerprint density at radius 2 is 2.50 bits per heavy atom. The molecule has 0 unspecified atom stereocenters. The van der Waals surface area contributed by atoms with Crippen molar-refractivity contribution in [3.63, 3.8) is 0 Å². The van der Waals surface area contributed by atoms with Crippen LogP contribution in [0.2, 0.25) is 0 Å². The van der Waals surface area contributed by atoms with E-state index in [-0.39, 0.29) is 6.42 Å². The van der Waals surface area contributed by atoms with Crippen LogP contribution in [0.15, 0.2) is 0 Å². The number of hydrogen-bond donors (Lipinski definition) is 2. The lowest BCUT2D eigenvalue weighted by molar-refractivity contribution is -0.136. The third-order valence-electron chi connectivity index (χ3n) is 0.567. The van der Waals surface area contributed by atoms with Gasteiger partial charge in [0, 0.05) is 6.54 Å². The van der Waals surface area contributed by atoms with E-state index >= 15 is 0 Å². The second-order valence-corrected chi connectivity index (χ2v) is 1.45. The largest absolute Gasteiger partial charge is 0.481 e. The Bertz CT molecular complexity index is 94.0. The lowest BCUT2D eigenvalue weighted by Gasteiger charge is -1.91. The molecule has 2 N–H and O–H groups in total. The first-order chi connectivity index (χ1) is 3.77. The number of thiocarbonyl (C=S) groups is 1. The van der Waals surface area contributed by atoms with Crippen molar-refractivity contribution in [3.05, 3.63) is 0 Å². The van der Waals surface area contributed by atoms with E-state index < -0.39 is 5.97 Å². The number of hydrogen-bond acceptors (Lipinski definition) is 2. The van der Waals surface area contributed by atoms with E-state index in [1.165, 1.54) is 5.49 Å². The van der Waals surface area contributed by atoms with Gasteiger partial charge in [0.25, 0.3) is 0 Å². The molecule has 0 aliphatic carbocycles. The first kappa shape index (κ1) is 7.36. The molecule has 0 aromatic rings. The molecule has 0 rings (SSSR count). The van der Waals surface area contributed by atoms with Crippen LogP contribution in [0, 0.1) is 0 Å². The van der Waals surface area contributed by atoms with Gasteiger partial charge in [0.15, 0.2) is 0 Å². The quantitative estimate of drug-likeness (QED) is 0.419. The molecule has 4 heteroatoms. The second-order valence-electron chi connectivity index (χ2n) is 1.22. The van der Waals surface area contributed by atoms with Crippen molar-refractivity contribution in [3.8, 4) is 0 Å². The lowest BCUT2D eigenvalue weighted by Crippen LogP contribution is -2.14. The van der Waals surface area contributed by atoms with Gasteiger partial charge in [-0.3, -0.25) is 4.79 Å². The molecule has 0 aliphatic heterocycles. The van der Waals surface area contributed by atoms with E-state index in [4.69, 9.17) is 5.11 Å². The zero-order valence-electron chi connectivity index (χ0n) is 4.26. The molecule has 8 heavy (non-hydrogen) atoms. The van der Waals surface area contributed by atoms with Gasteiger partial charge in [-0.25, -0.2) is 0 Å². The van der Waals surface area contributed by atoms with Crippen molar-refractivity contribution in [2.24, 2.45) is 0 Å². The van der Waals surface area contributed by atoms with Crippen molar-refractivity contribution in [2.45, 2.75) is 6.42 Å². The highest BCUT2D eigenvalue weighted by molar-refractivity contribution is 7.78. The molecule has 0 spiro atoms. The first-order valence-electron chi connectivity index (χ1n) is 2.16. The highest BCUT2D eigenvalue weighted by Gasteiger charge is 1.91. The summed E-state index contributed by atoms with van der Waals surface area (Å²) in [6, 6.07) is 0. The summed E-state index contributed by atoms with van der Waals surface area (Å²) in [5.74, 6) is -0.811. The second kappa shape index (κ2) is 4.52. The zero-order chi connectivity index (χ0) is 6.41. The third-order valence-corrected chi connectivity index (χ3v) is 0.733. The summed E-state index contributed by atoms with van der Waals surface area (Å²) in [4.78, 5) is 9.79. The van der Waals surface area contributed by atoms with Crippen LogP contribution in [0.5, 0.6) is 0 Å². The van der Waals surface area contributed by atoms with Crippen LogP contribution in [0.25, 0.3) is 0 Å². The van der Waals surface area contributed by atoms with Crippen molar-refractivity contribution in [1.29, 1.82) is 0 Å². The predicted octanol–water partition coefficient (Wildman–Crippen LogP) is 0.00790. The Kier molecular flexibility index (Phi) is 4.16. The van der Waals surface area contributed by atoms with Crippen molar-refractivity contribution in [2.75, 3.05) is 6.54 Å². The maximum absolute atomic E-state index is 9.79. The third kappa shape index (κ3) is 5.36. The number of carboxylic acids is 1. The number of carbonyl (C=O) groups is 1. The van der Waals surface area contributed by atoms with E-state index in [1.54, 1.807) is 0 Å². The monoisotopic (exact) mass is 133 g/mol. The van der Waals surface area contributed by atoms with Gasteiger partial charge in [-0.05, 0) is 0 Å². The first-order valence-corrected chi connectivity index (χ1v) is 2.63. The van der Waals surface area contributed by atoms with E-state index in [1.807, 2.05) is 0 Å². The molecule has 0 amide bonds. The molecule has 0 radical (unpaired) electrons. The lowest BCUT2D eigenvalue weighted by atomic mass is 10.4. The molecular weight excluding hydrogens is 126 g/mol. The topological polar surface area (TPSA) is 49.3 Å². The smallest absolute Gasteiger partial charge is 0.305 e. The molecule has 0 heterocycles. The minimum atomic E-state index is -0.811. The summed E-state index contributed by atoms with van der Waals surface area (Å²) in [5.41, 5.74) is 1.31. The van der Waals surface area contributed by atoms with Gasteiger partial charge in [-0.1, -0.05) is 12.2 Å². The normalized spacial score (nSPS) is 8.00. The minimum Gasteiger partial charge on any atom is -0.481 e. The fourth-order valence-corrected chi connectivity index (χ4v) is 0.356. The van der Waals surface area contributed by atoms with Gasteiger partial charge < -0.3 is 10.4 Å². The maximum atomic E-state index is 9.79. The highest BCUT2D eigenvalue weighted by Crippen LogP contribution is 1.71. The van der Waals surface area contributed by atoms with Gasteiger partial charge in [0.2, 0.25) is 0 Å². The van der Waals surface area contributed by atoms with Crippen LogP contribution in [0.1, 0.15) is 6.42 Å². The summed E-state index contributed by atoms with van der Waals surface area (Å²) >= 11 is 4.37. The minimum absolute atomic E-state index is 0.118. The van der Waals surface area contributed by atoms with Gasteiger partial charge in [-0.15, -0.1) is 0 Å². The summed E-state index contributed by atoms with van der Waals surface area (Å²) in [7, 11) is 0. The molecule has 3 nitrogen and oxygen atoms in total. The molecule has 0 aromatic carbocycles. The van der Waals surface area contributed by atoms with Crippen LogP contribution >= 0.6 is 12.2 Å². The van der Waals surface area contributed by atoms with Gasteiger partial charge in [0.1, 0.15) is 0 Å². The number of rotatable bonds is 4. The van der Waals surface area contributed by atoms with Crippen molar-refractivity contribution >= 4 is 23.7 Å². The summed E-state index contributed by atoms with van der Waals surface area (Å²) < 4.78 is 0. The van der Waals surface area contributed by atoms with Crippen LogP contribution in [-0.4, -0.2) is 23.1 Å². The van der Waals surface area contributed by atoms with Gasteiger partial charge in [-0.2, -0.15) is 0 Å². The Balaban J connectivity index is 2.93. The Morgan fingerprint density at radius 1 is 1.88 bits per heavy atom. The van der Waals surface area contributed by atoms with E-state index in [9.17, 15) is 4.79 Å². The fourth-order valence-electron chi connectivity index (χ4n) is 0.238. The molecule has 0 saturated carbocycles. The van der Waals surface area contributed by atoms with Crippen LogP contribution in [0.3, 0.4) is 0 Å². The Morgan fingerprint density at radius 3 is 2.88 bits per heavy atom. The van der Waals surface area contributed by atoms with Crippen LogP contribution in [-0.2, 0) is 4.79 Å². The molecular formula is C4H7NO2S. The van der Waals surface area contributed by atoms with E-state index in [0.29, 0.717) is 6.54 Å². The molecule has 0 bridgehead atoms. The number of aliphatic carboxylic acids is 1. The molecule has 0 fully saturated rings. The highest BCUT2D eigenvalue weighted by atomic mass is 32.1. The Labute approximate surface area is 52.7 Å². The van der Waals surface area contributed by atoms with Crippen LogP contribution in [0.4, 0.5) is 0 Å². The zero-order valence-corrected chi connectivity index (χ0v) is 5.07. The van der Waals surface area contributed by atoms with E-state index in [2.05, 4.69) is 17.5 Å². The maximum Gasteiger partial charge on any atom is 0.305 e. The van der Waals surface area contributed by atoms with Crippen molar-refractivity contribution in [1.82, 2.24) is 5.32 Å². The number of carboxylic acid groups (broad SMARTS) is 1. The Hall–Kier alpha value is -0.640. The molecule has 0 aromatic heterocycles. The van der Waals surface area contributed by atoms with Crippen molar-refractivity contribution < 1.29 is 9.90 Å². The van der Waals surface area contributed by atoms with Crippen LogP contribution < -0.4 is 5.32 Å².